The first-order valence-electron chi connectivity index (χ1n) is 8.48. The van der Waals surface area contributed by atoms with Crippen molar-refractivity contribution in [2.75, 3.05) is 0 Å². The van der Waals surface area contributed by atoms with Gasteiger partial charge in [0.15, 0.2) is 0 Å². The summed E-state index contributed by atoms with van der Waals surface area (Å²) >= 11 is 0. The highest BCUT2D eigenvalue weighted by Crippen LogP contribution is 2.29. The van der Waals surface area contributed by atoms with Gasteiger partial charge in [0.05, 0.1) is 6.04 Å². The van der Waals surface area contributed by atoms with Crippen LogP contribution < -0.4 is 10.9 Å². The molecule has 0 fully saturated rings. The number of carbonyl (C=O) groups is 1. The Bertz CT molecular complexity index is 810. The second kappa shape index (κ2) is 6.99. The Morgan fingerprint density at radius 1 is 1.33 bits per heavy atom. The van der Waals surface area contributed by atoms with E-state index in [9.17, 15) is 9.59 Å². The van der Waals surface area contributed by atoms with Gasteiger partial charge in [0.1, 0.15) is 5.82 Å². The summed E-state index contributed by atoms with van der Waals surface area (Å²) in [6, 6.07) is 8.37. The number of H-pyrrole nitrogens is 1. The number of aromatic nitrogens is 2. The number of aromatic amines is 1. The van der Waals surface area contributed by atoms with Crippen molar-refractivity contribution in [2.45, 2.75) is 52.0 Å². The molecule has 0 spiro atoms. The first-order valence-corrected chi connectivity index (χ1v) is 8.48. The molecule has 5 heteroatoms. The molecule has 1 aromatic carbocycles. The van der Waals surface area contributed by atoms with Crippen molar-refractivity contribution in [3.8, 4) is 0 Å². The van der Waals surface area contributed by atoms with Crippen LogP contribution in [-0.2, 0) is 17.6 Å². The van der Waals surface area contributed by atoms with Crippen molar-refractivity contribution in [3.63, 3.8) is 0 Å². The van der Waals surface area contributed by atoms with E-state index in [0.29, 0.717) is 29.9 Å². The Morgan fingerprint density at radius 3 is 2.92 bits per heavy atom. The average Bonchev–Trinajstić information content (AvgIpc) is 2.54. The van der Waals surface area contributed by atoms with Crippen LogP contribution in [0.4, 0.5) is 0 Å². The van der Waals surface area contributed by atoms with Gasteiger partial charge < -0.3 is 10.3 Å². The Labute approximate surface area is 141 Å². The topological polar surface area (TPSA) is 74.8 Å². The van der Waals surface area contributed by atoms with Crippen molar-refractivity contribution in [1.29, 1.82) is 0 Å². The molecule has 0 bridgehead atoms. The summed E-state index contributed by atoms with van der Waals surface area (Å²) in [4.78, 5) is 31.3. The summed E-state index contributed by atoms with van der Waals surface area (Å²) in [6.45, 7) is 3.57. The van der Waals surface area contributed by atoms with E-state index >= 15 is 0 Å². The number of aryl methyl sites for hydroxylation is 3. The van der Waals surface area contributed by atoms with Gasteiger partial charge in [-0.25, -0.2) is 4.98 Å². The Hall–Kier alpha value is -2.43. The van der Waals surface area contributed by atoms with E-state index in [-0.39, 0.29) is 17.5 Å². The molecular formula is C19H23N3O2. The molecule has 1 aromatic heterocycles. The van der Waals surface area contributed by atoms with Crippen LogP contribution in [0.5, 0.6) is 0 Å². The second-order valence-corrected chi connectivity index (χ2v) is 6.43. The van der Waals surface area contributed by atoms with Crippen molar-refractivity contribution in [3.05, 3.63) is 62.8 Å². The molecule has 1 aliphatic carbocycles. The summed E-state index contributed by atoms with van der Waals surface area (Å²) in [5, 5.41) is 3.12. The number of fused-ring (bicyclic) bond motifs is 1. The highest BCUT2D eigenvalue weighted by Gasteiger charge is 2.21. The minimum Gasteiger partial charge on any atom is -0.349 e. The SMILES string of the molecule is Cc1nc(C)c(CCC(=O)N[C@H]2CCCc3ccccc32)c(=O)[nH]1. The maximum atomic E-state index is 12.3. The molecule has 126 valence electrons. The minimum atomic E-state index is -0.143. The lowest BCUT2D eigenvalue weighted by molar-refractivity contribution is -0.121. The fourth-order valence-corrected chi connectivity index (χ4v) is 3.45. The fourth-order valence-electron chi connectivity index (χ4n) is 3.45. The Kier molecular flexibility index (Phi) is 4.79. The molecule has 1 heterocycles. The Balaban J connectivity index is 1.64. The number of nitrogens with one attached hydrogen (secondary N) is 2. The van der Waals surface area contributed by atoms with E-state index in [4.69, 9.17) is 0 Å². The first-order chi connectivity index (χ1) is 11.5. The molecule has 2 aromatic rings. The van der Waals surface area contributed by atoms with E-state index in [1.165, 1.54) is 11.1 Å². The van der Waals surface area contributed by atoms with Gasteiger partial charge in [-0.15, -0.1) is 0 Å². The quantitative estimate of drug-likeness (QED) is 0.907. The van der Waals surface area contributed by atoms with Crippen LogP contribution in [0.1, 0.15) is 53.5 Å². The largest absolute Gasteiger partial charge is 0.349 e. The zero-order valence-corrected chi connectivity index (χ0v) is 14.2. The van der Waals surface area contributed by atoms with E-state index in [1.807, 2.05) is 19.1 Å². The number of benzene rings is 1. The standard InChI is InChI=1S/C19H23N3O2/c1-12-15(19(24)21-13(2)20-12)10-11-18(23)22-17-9-5-7-14-6-3-4-8-16(14)17/h3-4,6,8,17H,5,7,9-11H2,1-2H3,(H,22,23)(H,20,21,24)/t17-/m0/s1. The van der Waals surface area contributed by atoms with E-state index < -0.39 is 0 Å². The number of carbonyl (C=O) groups excluding carboxylic acids is 1. The van der Waals surface area contributed by atoms with Crippen molar-refractivity contribution >= 4 is 5.91 Å². The van der Waals surface area contributed by atoms with Gasteiger partial charge >= 0.3 is 0 Å². The van der Waals surface area contributed by atoms with Gasteiger partial charge in [-0.3, -0.25) is 9.59 Å². The van der Waals surface area contributed by atoms with Crippen LogP contribution in [0.15, 0.2) is 29.1 Å². The van der Waals surface area contributed by atoms with Crippen LogP contribution >= 0.6 is 0 Å². The number of hydrogen-bond donors (Lipinski definition) is 2. The fraction of sp³-hybridized carbons (Fsp3) is 0.421. The van der Waals surface area contributed by atoms with E-state index in [0.717, 1.165) is 19.3 Å². The van der Waals surface area contributed by atoms with Gasteiger partial charge in [-0.1, -0.05) is 24.3 Å². The average molecular weight is 325 g/mol. The van der Waals surface area contributed by atoms with Gasteiger partial charge in [-0.2, -0.15) is 0 Å². The normalized spacial score (nSPS) is 16.5. The molecule has 5 nitrogen and oxygen atoms in total. The maximum Gasteiger partial charge on any atom is 0.254 e. The molecule has 1 atom stereocenters. The van der Waals surface area contributed by atoms with E-state index in [2.05, 4.69) is 27.4 Å². The summed E-state index contributed by atoms with van der Waals surface area (Å²) < 4.78 is 0. The number of nitrogens with zero attached hydrogens (tertiary/aromatic N) is 1. The van der Waals surface area contributed by atoms with Crippen LogP contribution in [0.2, 0.25) is 0 Å². The lowest BCUT2D eigenvalue weighted by Crippen LogP contribution is -2.31. The van der Waals surface area contributed by atoms with E-state index in [1.54, 1.807) is 6.92 Å². The maximum absolute atomic E-state index is 12.3. The second-order valence-electron chi connectivity index (χ2n) is 6.43. The van der Waals surface area contributed by atoms with Crippen molar-refractivity contribution < 1.29 is 4.79 Å². The zero-order chi connectivity index (χ0) is 17.1. The lowest BCUT2D eigenvalue weighted by atomic mass is 9.87. The Morgan fingerprint density at radius 2 is 2.12 bits per heavy atom. The molecule has 0 radical (unpaired) electrons. The van der Waals surface area contributed by atoms with Crippen molar-refractivity contribution in [1.82, 2.24) is 15.3 Å². The minimum absolute atomic E-state index is 0.0175. The molecule has 3 rings (SSSR count). The molecular weight excluding hydrogens is 302 g/mol. The molecule has 2 N–H and O–H groups in total. The number of hydrogen-bond acceptors (Lipinski definition) is 3. The molecule has 0 unspecified atom stereocenters. The summed E-state index contributed by atoms with van der Waals surface area (Å²) in [6.07, 6.45) is 3.84. The molecule has 1 aliphatic rings. The third-order valence-corrected chi connectivity index (χ3v) is 4.65. The highest BCUT2D eigenvalue weighted by molar-refractivity contribution is 5.76. The molecule has 24 heavy (non-hydrogen) atoms. The molecule has 0 saturated carbocycles. The highest BCUT2D eigenvalue weighted by atomic mass is 16.1. The predicted molar refractivity (Wildman–Crippen MR) is 92.9 cm³/mol. The molecule has 1 amide bonds. The first kappa shape index (κ1) is 16.4. The summed E-state index contributed by atoms with van der Waals surface area (Å²) in [7, 11) is 0. The number of amides is 1. The van der Waals surface area contributed by atoms with Gasteiger partial charge in [0.25, 0.3) is 5.56 Å². The van der Waals surface area contributed by atoms with Crippen LogP contribution in [-0.4, -0.2) is 15.9 Å². The van der Waals surface area contributed by atoms with Gasteiger partial charge in [0.2, 0.25) is 5.91 Å². The summed E-state index contributed by atoms with van der Waals surface area (Å²) in [5.41, 5.74) is 3.70. The van der Waals surface area contributed by atoms with Crippen LogP contribution in [0, 0.1) is 13.8 Å². The third kappa shape index (κ3) is 3.55. The number of rotatable bonds is 4. The van der Waals surface area contributed by atoms with Crippen LogP contribution in [0.3, 0.4) is 0 Å². The van der Waals surface area contributed by atoms with Gasteiger partial charge in [-0.05, 0) is 50.7 Å². The molecule has 0 aliphatic heterocycles. The monoisotopic (exact) mass is 325 g/mol. The zero-order valence-electron chi connectivity index (χ0n) is 14.2. The van der Waals surface area contributed by atoms with Gasteiger partial charge in [0, 0.05) is 17.7 Å². The third-order valence-electron chi connectivity index (χ3n) is 4.65. The van der Waals surface area contributed by atoms with Crippen LogP contribution in [0.25, 0.3) is 0 Å². The molecule has 0 saturated heterocycles. The predicted octanol–water partition coefficient (Wildman–Crippen LogP) is 2.51. The summed E-state index contributed by atoms with van der Waals surface area (Å²) in [5.74, 6) is 0.584. The smallest absolute Gasteiger partial charge is 0.254 e. The van der Waals surface area contributed by atoms with Crippen molar-refractivity contribution in [2.24, 2.45) is 0 Å². The lowest BCUT2D eigenvalue weighted by Gasteiger charge is -2.26.